The number of amidine groups is 1. The number of amides is 2. The predicted molar refractivity (Wildman–Crippen MR) is 212 cm³/mol. The van der Waals surface area contributed by atoms with Crippen molar-refractivity contribution in [2.45, 2.75) is 61.7 Å². The highest BCUT2D eigenvalue weighted by molar-refractivity contribution is 6.36. The first-order valence-electron chi connectivity index (χ1n) is 19.2. The van der Waals surface area contributed by atoms with Crippen LogP contribution >= 0.6 is 0 Å². The van der Waals surface area contributed by atoms with Crippen molar-refractivity contribution in [1.82, 2.24) is 30.0 Å². The molecule has 0 bridgehead atoms. The van der Waals surface area contributed by atoms with Gasteiger partial charge >= 0.3 is 6.16 Å². The third-order valence-corrected chi connectivity index (χ3v) is 9.27. The van der Waals surface area contributed by atoms with Crippen molar-refractivity contribution in [3.05, 3.63) is 83.9 Å². The molecule has 4 unspecified atom stereocenters. The van der Waals surface area contributed by atoms with E-state index in [0.717, 1.165) is 17.7 Å². The number of rotatable bonds is 14. The molecule has 9 N–H and O–H groups in total. The van der Waals surface area contributed by atoms with Crippen molar-refractivity contribution in [2.75, 3.05) is 67.7 Å². The summed E-state index contributed by atoms with van der Waals surface area (Å²) in [4.78, 5) is 41.7. The Morgan fingerprint density at radius 1 is 0.770 bits per heavy atom. The Hall–Kier alpha value is -5.34. The number of carbonyl (C=O) groups excluding carboxylic acids is 3. The van der Waals surface area contributed by atoms with Crippen LogP contribution in [0, 0.1) is 0 Å². The van der Waals surface area contributed by atoms with Gasteiger partial charge in [-0.05, 0) is 28.2 Å². The number of primary amides is 2. The number of fused-ring (bicyclic) bond motifs is 2. The fourth-order valence-corrected chi connectivity index (χ4v) is 6.23. The Morgan fingerprint density at radius 2 is 1.34 bits per heavy atom. The van der Waals surface area contributed by atoms with Crippen LogP contribution in [0.5, 0.6) is 0 Å². The third-order valence-electron chi connectivity index (χ3n) is 9.27. The Balaban J connectivity index is 0.000000208. The summed E-state index contributed by atoms with van der Waals surface area (Å²) >= 11 is 0. The van der Waals surface area contributed by atoms with Gasteiger partial charge in [-0.25, -0.2) is 14.5 Å². The summed E-state index contributed by atoms with van der Waals surface area (Å²) in [5, 5.41) is 25.5. The normalized spacial score (nSPS) is 27.6. The number of aliphatic hydroxyl groups is 2. The lowest BCUT2D eigenvalue weighted by atomic mass is 10.1. The molecular weight excluding hydrogens is 804 g/mol. The van der Waals surface area contributed by atoms with Gasteiger partial charge in [-0.15, -0.1) is 5.10 Å². The van der Waals surface area contributed by atoms with Crippen molar-refractivity contribution >= 4 is 23.8 Å². The van der Waals surface area contributed by atoms with Gasteiger partial charge in [0.25, 0.3) is 11.8 Å². The number of hydrogen-bond acceptors (Lipinski definition) is 19. The number of hydrogen-bond donors (Lipinski definition) is 6. The number of likely N-dealkylation sites (N-methyl/N-ethyl adjacent to an activating group) is 2. The second kappa shape index (κ2) is 22.5. The molecule has 61 heavy (non-hydrogen) atoms. The van der Waals surface area contributed by atoms with E-state index in [9.17, 15) is 19.5 Å². The maximum absolute atomic E-state index is 11.8. The van der Waals surface area contributed by atoms with Gasteiger partial charge in [0.1, 0.15) is 56.2 Å². The number of aliphatic hydroxyl groups excluding tert-OH is 2. The molecule has 4 aliphatic rings. The molecule has 0 spiro atoms. The molecule has 4 fully saturated rings. The zero-order valence-electron chi connectivity index (χ0n) is 34.2. The van der Waals surface area contributed by atoms with Crippen LogP contribution < -0.4 is 22.6 Å². The van der Waals surface area contributed by atoms with Gasteiger partial charge in [-0.1, -0.05) is 60.7 Å². The lowest BCUT2D eigenvalue weighted by Crippen LogP contribution is -2.40. The number of nitrogens with one attached hydrogen (secondary N) is 1. The molecule has 2 aromatic carbocycles. The van der Waals surface area contributed by atoms with Gasteiger partial charge in [0.15, 0.2) is 25.0 Å². The van der Waals surface area contributed by atoms with E-state index >= 15 is 0 Å². The van der Waals surface area contributed by atoms with Crippen molar-refractivity contribution in [3.63, 3.8) is 0 Å². The second-order valence-corrected chi connectivity index (χ2v) is 14.4. The number of carbonyl (C=O) groups is 3. The maximum atomic E-state index is 11.8. The Morgan fingerprint density at radius 3 is 1.85 bits per heavy atom. The van der Waals surface area contributed by atoms with Crippen LogP contribution in [-0.2, 0) is 42.7 Å². The summed E-state index contributed by atoms with van der Waals surface area (Å²) < 4.78 is 47.0. The third kappa shape index (κ3) is 12.8. The van der Waals surface area contributed by atoms with E-state index in [1.807, 2.05) is 98.7 Å². The predicted octanol–water partition coefficient (Wildman–Crippen LogP) is -1.45. The van der Waals surface area contributed by atoms with Crippen molar-refractivity contribution in [1.29, 1.82) is 0 Å². The molecule has 4 saturated heterocycles. The first kappa shape index (κ1) is 46.7. The molecule has 23 heteroatoms. The highest BCUT2D eigenvalue weighted by Gasteiger charge is 2.55. The molecule has 0 saturated carbocycles. The van der Waals surface area contributed by atoms with Crippen LogP contribution in [0.3, 0.4) is 0 Å². The minimum atomic E-state index is -0.881. The highest BCUT2D eigenvalue weighted by atomic mass is 16.8. The lowest BCUT2D eigenvalue weighted by molar-refractivity contribution is -0.156. The van der Waals surface area contributed by atoms with Crippen LogP contribution in [0.25, 0.3) is 0 Å². The number of benzene rings is 2. The molecular formula is C38H54N10O13. The molecule has 7 rings (SSSR count). The molecule has 5 heterocycles. The summed E-state index contributed by atoms with van der Waals surface area (Å²) in [5.74, 6) is -2.13. The molecule has 0 radical (unpaired) electrons. The number of aromatic nitrogens is 3. The van der Waals surface area contributed by atoms with Gasteiger partial charge < -0.3 is 75.1 Å². The first-order chi connectivity index (χ1) is 29.3. The van der Waals surface area contributed by atoms with Gasteiger partial charge in [-0.2, -0.15) is 5.10 Å². The maximum Gasteiger partial charge on any atom is 0.508 e. The van der Waals surface area contributed by atoms with E-state index in [-0.39, 0.29) is 32.3 Å². The number of hydrazone groups is 1. The fraction of sp³-hybridized carbons (Fsp3) is 0.526. The summed E-state index contributed by atoms with van der Waals surface area (Å²) in [5.41, 5.74) is 20.0. The SMILES string of the molecule is CN(C)CCO.CN(C)CCOC(=O)OC[C@H]1O[C@@H](N/N=C(\N)C(N)=O)[C@@H]2OC(c3ccccc3)OC21.NC(=O)c1ncn([C@@H]2O[C@H](CO)C3OC(c4ccccc4)O[C@H]32)n1. The highest BCUT2D eigenvalue weighted by Crippen LogP contribution is 2.44. The molecule has 3 aromatic rings. The summed E-state index contributed by atoms with van der Waals surface area (Å²) in [6, 6.07) is 18.8. The van der Waals surface area contributed by atoms with Crippen LogP contribution in [0.4, 0.5) is 4.79 Å². The molecule has 1 aromatic heterocycles. The Kier molecular flexibility index (Phi) is 17.2. The van der Waals surface area contributed by atoms with Crippen LogP contribution in [0.15, 0.2) is 72.1 Å². The fourth-order valence-electron chi connectivity index (χ4n) is 6.23. The minimum Gasteiger partial charge on any atom is -0.433 e. The summed E-state index contributed by atoms with van der Waals surface area (Å²) in [7, 11) is 7.58. The van der Waals surface area contributed by atoms with Gasteiger partial charge in [-0.3, -0.25) is 15.0 Å². The summed E-state index contributed by atoms with van der Waals surface area (Å²) in [6.07, 6.45) is -5.48. The number of nitrogens with zero attached hydrogens (tertiary/aromatic N) is 6. The van der Waals surface area contributed by atoms with Crippen molar-refractivity contribution < 1.29 is 62.5 Å². The monoisotopic (exact) mass is 858 g/mol. The molecule has 23 nitrogen and oxygen atoms in total. The van der Waals surface area contributed by atoms with E-state index in [4.69, 9.17) is 60.2 Å². The summed E-state index contributed by atoms with van der Waals surface area (Å²) in [6.45, 7) is 1.44. The van der Waals surface area contributed by atoms with E-state index in [2.05, 4.69) is 20.6 Å². The van der Waals surface area contributed by atoms with Crippen LogP contribution in [0.1, 0.15) is 40.6 Å². The van der Waals surface area contributed by atoms with Gasteiger partial charge in [0, 0.05) is 24.2 Å². The number of ether oxygens (including phenoxy) is 8. The quantitative estimate of drug-likeness (QED) is 0.0467. The molecule has 0 aliphatic carbocycles. The van der Waals surface area contributed by atoms with Crippen molar-refractivity contribution in [2.24, 2.45) is 22.3 Å². The lowest BCUT2D eigenvalue weighted by Gasteiger charge is -2.20. The Labute approximate surface area is 351 Å². The van der Waals surface area contributed by atoms with E-state index < -0.39 is 85.5 Å². The zero-order chi connectivity index (χ0) is 44.1. The average Bonchev–Trinajstić information content (AvgIpc) is 4.08. The molecule has 4 aliphatic heterocycles. The molecule has 334 valence electrons. The number of nitrogens with two attached hydrogens (primary N) is 3. The average molecular weight is 859 g/mol. The smallest absolute Gasteiger partial charge is 0.433 e. The largest absolute Gasteiger partial charge is 0.508 e. The minimum absolute atomic E-state index is 0.110. The van der Waals surface area contributed by atoms with Gasteiger partial charge in [0.2, 0.25) is 11.7 Å². The zero-order valence-corrected chi connectivity index (χ0v) is 34.2. The topological polar surface area (TPSA) is 305 Å². The standard InChI is InChI=1S/C19H27N5O7.C15H16N4O5.C4H11NO/c1-24(2)8-9-27-19(26)28-10-12-13-14(17(29-12)23-22-15(20)16(21)25)31-18(30-13)11-6-4-3-5-7-11;16-12(21)13-17-7-19(18-13)14-11-10(9(6-20)22-14)23-15(24-11)8-4-2-1-3-5-8;1-5(2)3-4-6/h3-7,12-14,17-18,23H,8-10H2,1-2H3,(H2,20,22)(H2,21,25);1-5,7,9-11,14-15,20H,6H2,(H2,16,21);6H,3-4H2,1-2H3/t12-,13?,14-,17-,18?;9-,10?,11-,14-,15?;/m11./s1. The second-order valence-electron chi connectivity index (χ2n) is 14.4. The Bertz CT molecular complexity index is 1880. The van der Waals surface area contributed by atoms with Crippen LogP contribution in [0.2, 0.25) is 0 Å². The van der Waals surface area contributed by atoms with Crippen LogP contribution in [-0.4, -0.2) is 169 Å². The molecule has 2 amide bonds. The van der Waals surface area contributed by atoms with E-state index in [0.29, 0.717) is 6.54 Å². The first-order valence-corrected chi connectivity index (χ1v) is 19.2. The van der Waals surface area contributed by atoms with E-state index in [1.165, 1.54) is 11.0 Å². The van der Waals surface area contributed by atoms with E-state index in [1.54, 1.807) is 0 Å². The molecule has 10 atom stereocenters. The van der Waals surface area contributed by atoms with Gasteiger partial charge in [0.05, 0.1) is 13.2 Å². The van der Waals surface area contributed by atoms with Crippen molar-refractivity contribution in [3.8, 4) is 0 Å².